The van der Waals surface area contributed by atoms with Gasteiger partial charge in [0.2, 0.25) is 5.91 Å². The molecule has 2 N–H and O–H groups in total. The number of carbonyl (C=O) groups excluding carboxylic acids is 1. The van der Waals surface area contributed by atoms with Crippen LogP contribution in [0.2, 0.25) is 0 Å². The maximum atomic E-state index is 12.2. The molecule has 6 heteroatoms. The van der Waals surface area contributed by atoms with Crippen molar-refractivity contribution in [1.29, 1.82) is 0 Å². The van der Waals surface area contributed by atoms with Crippen LogP contribution in [0.5, 0.6) is 0 Å². The lowest BCUT2D eigenvalue weighted by Crippen LogP contribution is -2.36. The Morgan fingerprint density at radius 3 is 2.50 bits per heavy atom. The maximum Gasteiger partial charge on any atom is 0.223 e. The molecule has 0 aromatic carbocycles. The van der Waals surface area contributed by atoms with Crippen molar-refractivity contribution >= 4 is 15.7 Å². The molecular formula is C14H26N2O3S. The second-order valence-electron chi connectivity index (χ2n) is 6.26. The summed E-state index contributed by atoms with van der Waals surface area (Å²) in [6.45, 7) is 3.29. The molecule has 2 rings (SSSR count). The molecule has 2 atom stereocenters. The Hall–Kier alpha value is -0.620. The zero-order chi connectivity index (χ0) is 14.8. The first-order valence-corrected chi connectivity index (χ1v) is 9.36. The van der Waals surface area contributed by atoms with E-state index in [9.17, 15) is 13.2 Å². The van der Waals surface area contributed by atoms with E-state index >= 15 is 0 Å². The summed E-state index contributed by atoms with van der Waals surface area (Å²) in [4.78, 5) is 14.0. The number of nitrogens with zero attached hydrogens (tertiary/aromatic N) is 1. The van der Waals surface area contributed by atoms with Crippen LogP contribution >= 0.6 is 0 Å². The minimum atomic E-state index is -3.09. The number of sulfone groups is 1. The molecular weight excluding hydrogens is 276 g/mol. The summed E-state index contributed by atoms with van der Waals surface area (Å²) in [5.74, 6) is 0.336. The molecule has 1 aliphatic carbocycles. The van der Waals surface area contributed by atoms with Gasteiger partial charge in [-0.25, -0.2) is 8.42 Å². The van der Waals surface area contributed by atoms with Crippen LogP contribution in [-0.4, -0.2) is 49.4 Å². The van der Waals surface area contributed by atoms with Crippen LogP contribution in [-0.2, 0) is 14.6 Å². The number of hydrogen-bond donors (Lipinski definition) is 1. The van der Waals surface area contributed by atoms with Crippen molar-refractivity contribution in [1.82, 2.24) is 4.90 Å². The van der Waals surface area contributed by atoms with Crippen molar-refractivity contribution in [3.05, 3.63) is 0 Å². The third-order valence-corrected chi connectivity index (χ3v) is 6.99. The van der Waals surface area contributed by atoms with Gasteiger partial charge in [0, 0.05) is 19.0 Å². The van der Waals surface area contributed by atoms with Crippen molar-refractivity contribution in [2.75, 3.05) is 18.8 Å². The molecule has 0 spiro atoms. The maximum absolute atomic E-state index is 12.2. The summed E-state index contributed by atoms with van der Waals surface area (Å²) >= 11 is 0. The largest absolute Gasteiger partial charge is 0.340 e. The molecule has 116 valence electrons. The van der Waals surface area contributed by atoms with Crippen LogP contribution in [0.15, 0.2) is 0 Å². The lowest BCUT2D eigenvalue weighted by molar-refractivity contribution is -0.131. The number of likely N-dealkylation sites (tertiary alicyclic amines) is 1. The van der Waals surface area contributed by atoms with Crippen LogP contribution in [0.1, 0.15) is 45.4 Å². The van der Waals surface area contributed by atoms with E-state index < -0.39 is 9.84 Å². The Morgan fingerprint density at radius 2 is 1.95 bits per heavy atom. The molecule has 1 saturated carbocycles. The molecule has 20 heavy (non-hydrogen) atoms. The van der Waals surface area contributed by atoms with Gasteiger partial charge in [-0.2, -0.15) is 0 Å². The fraction of sp³-hybridized carbons (Fsp3) is 0.929. The quantitative estimate of drug-likeness (QED) is 0.819. The minimum Gasteiger partial charge on any atom is -0.340 e. The van der Waals surface area contributed by atoms with Gasteiger partial charge < -0.3 is 10.6 Å². The Labute approximate surface area is 121 Å². The second kappa shape index (κ2) is 6.43. The predicted molar refractivity (Wildman–Crippen MR) is 79.0 cm³/mol. The third kappa shape index (κ3) is 3.52. The van der Waals surface area contributed by atoms with E-state index in [-0.39, 0.29) is 29.4 Å². The average Bonchev–Trinajstić information content (AvgIpc) is 3.05. The first-order valence-electron chi connectivity index (χ1n) is 7.65. The van der Waals surface area contributed by atoms with Gasteiger partial charge >= 0.3 is 0 Å². The fourth-order valence-electron chi connectivity index (χ4n) is 3.45. The second-order valence-corrected chi connectivity index (χ2v) is 8.66. The molecule has 0 radical (unpaired) electrons. The number of hydrogen-bond acceptors (Lipinski definition) is 4. The molecule has 2 fully saturated rings. The smallest absolute Gasteiger partial charge is 0.223 e. The van der Waals surface area contributed by atoms with Crippen LogP contribution in [0.3, 0.4) is 0 Å². The highest BCUT2D eigenvalue weighted by Gasteiger charge is 2.33. The SMILES string of the molecule is CC1CC(CN)CN1C(=O)CCS(=O)(=O)C1CCCC1. The van der Waals surface area contributed by atoms with E-state index in [0.717, 1.165) is 32.1 Å². The van der Waals surface area contributed by atoms with Crippen LogP contribution in [0.25, 0.3) is 0 Å². The molecule has 1 aliphatic heterocycles. The Bertz CT molecular complexity index is 443. The summed E-state index contributed by atoms with van der Waals surface area (Å²) in [6, 6.07) is 0.185. The summed E-state index contributed by atoms with van der Waals surface area (Å²) in [7, 11) is -3.09. The first-order chi connectivity index (χ1) is 9.44. The number of rotatable bonds is 5. The lowest BCUT2D eigenvalue weighted by atomic mass is 10.1. The summed E-state index contributed by atoms with van der Waals surface area (Å²) < 4.78 is 24.3. The van der Waals surface area contributed by atoms with Crippen molar-refractivity contribution in [3.8, 4) is 0 Å². The van der Waals surface area contributed by atoms with Gasteiger partial charge in [0.05, 0.1) is 11.0 Å². The van der Waals surface area contributed by atoms with Gasteiger partial charge in [-0.1, -0.05) is 12.8 Å². The zero-order valence-corrected chi connectivity index (χ0v) is 13.1. The van der Waals surface area contributed by atoms with Crippen molar-refractivity contribution in [3.63, 3.8) is 0 Å². The van der Waals surface area contributed by atoms with Gasteiger partial charge in [0.15, 0.2) is 9.84 Å². The summed E-state index contributed by atoms with van der Waals surface area (Å²) in [5.41, 5.74) is 5.65. The monoisotopic (exact) mass is 302 g/mol. The first kappa shape index (κ1) is 15.8. The van der Waals surface area contributed by atoms with Gasteiger partial charge in [-0.15, -0.1) is 0 Å². The van der Waals surface area contributed by atoms with E-state index in [1.54, 1.807) is 0 Å². The van der Waals surface area contributed by atoms with Gasteiger partial charge in [0.1, 0.15) is 0 Å². The highest BCUT2D eigenvalue weighted by molar-refractivity contribution is 7.92. The zero-order valence-electron chi connectivity index (χ0n) is 12.3. The number of nitrogens with two attached hydrogens (primary N) is 1. The third-order valence-electron chi connectivity index (χ3n) is 4.73. The molecule has 1 heterocycles. The molecule has 2 unspecified atom stereocenters. The van der Waals surface area contributed by atoms with E-state index in [0.29, 0.717) is 19.0 Å². The van der Waals surface area contributed by atoms with E-state index in [1.807, 2.05) is 11.8 Å². The molecule has 0 aromatic rings. The van der Waals surface area contributed by atoms with E-state index in [4.69, 9.17) is 5.73 Å². The Kier molecular flexibility index (Phi) is 5.07. The number of carbonyl (C=O) groups is 1. The average molecular weight is 302 g/mol. The van der Waals surface area contributed by atoms with Crippen LogP contribution < -0.4 is 5.73 Å². The molecule has 0 aromatic heterocycles. The lowest BCUT2D eigenvalue weighted by Gasteiger charge is -2.22. The molecule has 1 amide bonds. The van der Waals surface area contributed by atoms with Crippen molar-refractivity contribution < 1.29 is 13.2 Å². The number of amides is 1. The highest BCUT2D eigenvalue weighted by atomic mass is 32.2. The van der Waals surface area contributed by atoms with Gasteiger partial charge in [0.25, 0.3) is 0 Å². The molecule has 0 bridgehead atoms. The summed E-state index contributed by atoms with van der Waals surface area (Å²) in [5, 5.41) is -0.205. The normalized spacial score (nSPS) is 28.2. The fourth-order valence-corrected chi connectivity index (χ4v) is 5.29. The molecule has 2 aliphatic rings. The van der Waals surface area contributed by atoms with Gasteiger partial charge in [-0.3, -0.25) is 4.79 Å². The Morgan fingerprint density at radius 1 is 1.30 bits per heavy atom. The summed E-state index contributed by atoms with van der Waals surface area (Å²) in [6.07, 6.45) is 4.59. The van der Waals surface area contributed by atoms with Crippen LogP contribution in [0, 0.1) is 5.92 Å². The molecule has 5 nitrogen and oxygen atoms in total. The molecule has 1 saturated heterocycles. The van der Waals surface area contributed by atoms with Crippen molar-refractivity contribution in [2.45, 2.75) is 56.7 Å². The Balaban J connectivity index is 1.86. The van der Waals surface area contributed by atoms with Gasteiger partial charge in [-0.05, 0) is 38.6 Å². The predicted octanol–water partition coefficient (Wildman–Crippen LogP) is 0.930. The highest BCUT2D eigenvalue weighted by Crippen LogP contribution is 2.26. The standard InChI is InChI=1S/C14H26N2O3S/c1-11-8-12(9-15)10-16(11)14(17)6-7-20(18,19)13-4-2-3-5-13/h11-13H,2-10,15H2,1H3. The van der Waals surface area contributed by atoms with Crippen LogP contribution in [0.4, 0.5) is 0 Å². The van der Waals surface area contributed by atoms with E-state index in [1.165, 1.54) is 0 Å². The topological polar surface area (TPSA) is 80.5 Å². The van der Waals surface area contributed by atoms with Crippen molar-refractivity contribution in [2.24, 2.45) is 11.7 Å². The minimum absolute atomic E-state index is 0.00696. The van der Waals surface area contributed by atoms with E-state index in [2.05, 4.69) is 0 Å².